The Morgan fingerprint density at radius 3 is 2.70 bits per heavy atom. The van der Waals surface area contributed by atoms with Gasteiger partial charge in [-0.2, -0.15) is 0 Å². The summed E-state index contributed by atoms with van der Waals surface area (Å²) >= 11 is 6.43. The first-order chi connectivity index (χ1) is 13.2. The molecular formula is C20H21ClN2O4. The number of amides is 1. The molecule has 1 saturated heterocycles. The monoisotopic (exact) mass is 388 g/mol. The molecule has 2 aromatic rings. The zero-order chi connectivity index (χ0) is 18.6. The topological polar surface area (TPSA) is 60.0 Å². The van der Waals surface area contributed by atoms with Crippen molar-refractivity contribution in [3.8, 4) is 11.5 Å². The third kappa shape index (κ3) is 4.03. The average Bonchev–Trinajstić information content (AvgIpc) is 3.18. The molecule has 1 atom stereocenters. The summed E-state index contributed by atoms with van der Waals surface area (Å²) in [7, 11) is 0. The highest BCUT2D eigenvalue weighted by molar-refractivity contribution is 6.31. The largest absolute Gasteiger partial charge is 0.454 e. The van der Waals surface area contributed by atoms with Crippen molar-refractivity contribution in [2.75, 3.05) is 39.6 Å². The van der Waals surface area contributed by atoms with E-state index in [1.54, 1.807) is 18.2 Å². The first-order valence-electron chi connectivity index (χ1n) is 8.96. The molecule has 1 unspecified atom stereocenters. The number of nitrogens with zero attached hydrogens (tertiary/aromatic N) is 1. The van der Waals surface area contributed by atoms with E-state index >= 15 is 0 Å². The summed E-state index contributed by atoms with van der Waals surface area (Å²) in [6.45, 7) is 3.60. The number of nitrogens with one attached hydrogen (secondary N) is 1. The highest BCUT2D eigenvalue weighted by Gasteiger charge is 2.25. The minimum atomic E-state index is -0.154. The first kappa shape index (κ1) is 18.1. The maximum atomic E-state index is 12.7. The normalized spacial score (nSPS) is 17.5. The number of carbonyl (C=O) groups excluding carboxylic acids is 1. The Labute approximate surface area is 163 Å². The highest BCUT2D eigenvalue weighted by Crippen LogP contribution is 2.32. The molecule has 4 rings (SSSR count). The molecule has 2 heterocycles. The van der Waals surface area contributed by atoms with E-state index in [4.69, 9.17) is 25.8 Å². The molecule has 2 aromatic carbocycles. The molecule has 7 heteroatoms. The molecule has 1 amide bonds. The number of halogens is 1. The van der Waals surface area contributed by atoms with Gasteiger partial charge in [0.15, 0.2) is 11.5 Å². The molecule has 0 spiro atoms. The van der Waals surface area contributed by atoms with E-state index in [0.29, 0.717) is 41.8 Å². The summed E-state index contributed by atoms with van der Waals surface area (Å²) in [6, 6.07) is 12.9. The highest BCUT2D eigenvalue weighted by atomic mass is 35.5. The smallest absolute Gasteiger partial charge is 0.251 e. The summed E-state index contributed by atoms with van der Waals surface area (Å²) in [4.78, 5) is 15.0. The molecule has 27 heavy (non-hydrogen) atoms. The van der Waals surface area contributed by atoms with Gasteiger partial charge in [-0.1, -0.05) is 29.8 Å². The number of rotatable bonds is 5. The van der Waals surface area contributed by atoms with Crippen LogP contribution in [-0.4, -0.2) is 50.4 Å². The van der Waals surface area contributed by atoms with Crippen LogP contribution in [0.15, 0.2) is 42.5 Å². The van der Waals surface area contributed by atoms with Crippen LogP contribution in [0.2, 0.25) is 5.02 Å². The molecule has 0 bridgehead atoms. The van der Waals surface area contributed by atoms with Crippen LogP contribution in [0.5, 0.6) is 11.5 Å². The zero-order valence-corrected chi connectivity index (χ0v) is 15.6. The Kier molecular flexibility index (Phi) is 5.48. The summed E-state index contributed by atoms with van der Waals surface area (Å²) in [5.41, 5.74) is 1.55. The fraction of sp³-hybridized carbons (Fsp3) is 0.350. The van der Waals surface area contributed by atoms with Gasteiger partial charge in [0, 0.05) is 30.2 Å². The van der Waals surface area contributed by atoms with E-state index in [1.807, 2.05) is 24.3 Å². The van der Waals surface area contributed by atoms with Crippen LogP contribution in [0, 0.1) is 0 Å². The number of carbonyl (C=O) groups is 1. The van der Waals surface area contributed by atoms with Crippen molar-refractivity contribution >= 4 is 17.5 Å². The Morgan fingerprint density at radius 2 is 1.89 bits per heavy atom. The predicted molar refractivity (Wildman–Crippen MR) is 101 cm³/mol. The summed E-state index contributed by atoms with van der Waals surface area (Å²) < 4.78 is 16.1. The standard InChI is InChI=1S/C20H21ClN2O4/c21-16-4-2-1-3-15(16)17(23-7-9-25-10-8-23)12-22-20(24)14-5-6-18-19(11-14)27-13-26-18/h1-6,11,17H,7-10,12-13H2,(H,22,24). The SMILES string of the molecule is O=C(NCC(c1ccccc1Cl)N1CCOCC1)c1ccc2c(c1)OCO2. The van der Waals surface area contributed by atoms with E-state index in [1.165, 1.54) is 0 Å². The van der Waals surface area contributed by atoms with Crippen molar-refractivity contribution in [1.82, 2.24) is 10.2 Å². The summed E-state index contributed by atoms with van der Waals surface area (Å²) in [5.74, 6) is 1.10. The van der Waals surface area contributed by atoms with Gasteiger partial charge < -0.3 is 19.5 Å². The summed E-state index contributed by atoms with van der Waals surface area (Å²) in [5, 5.41) is 3.74. The first-order valence-corrected chi connectivity index (χ1v) is 9.34. The molecule has 1 fully saturated rings. The second-order valence-corrected chi connectivity index (χ2v) is 6.87. The van der Waals surface area contributed by atoms with Crippen molar-refractivity contribution in [1.29, 1.82) is 0 Å². The van der Waals surface area contributed by atoms with Gasteiger partial charge in [-0.05, 0) is 29.8 Å². The van der Waals surface area contributed by atoms with Crippen molar-refractivity contribution in [2.45, 2.75) is 6.04 Å². The van der Waals surface area contributed by atoms with E-state index in [9.17, 15) is 4.79 Å². The molecular weight excluding hydrogens is 368 g/mol. The van der Waals surface area contributed by atoms with Gasteiger partial charge in [0.1, 0.15) is 0 Å². The van der Waals surface area contributed by atoms with Crippen LogP contribution in [0.25, 0.3) is 0 Å². The number of morpholine rings is 1. The maximum Gasteiger partial charge on any atom is 0.251 e. The summed E-state index contributed by atoms with van der Waals surface area (Å²) in [6.07, 6.45) is 0. The zero-order valence-electron chi connectivity index (χ0n) is 14.8. The Balaban J connectivity index is 1.49. The lowest BCUT2D eigenvalue weighted by atomic mass is 10.0. The minimum absolute atomic E-state index is 0.0134. The quantitative estimate of drug-likeness (QED) is 0.853. The average molecular weight is 389 g/mol. The maximum absolute atomic E-state index is 12.7. The van der Waals surface area contributed by atoms with Crippen LogP contribution in [0.4, 0.5) is 0 Å². The molecule has 0 radical (unpaired) electrons. The molecule has 0 aromatic heterocycles. The van der Waals surface area contributed by atoms with Crippen LogP contribution < -0.4 is 14.8 Å². The van der Waals surface area contributed by atoms with Crippen molar-refractivity contribution in [3.05, 3.63) is 58.6 Å². The van der Waals surface area contributed by atoms with Crippen LogP contribution in [0.3, 0.4) is 0 Å². The lowest BCUT2D eigenvalue weighted by Crippen LogP contribution is -2.44. The van der Waals surface area contributed by atoms with Crippen LogP contribution >= 0.6 is 11.6 Å². The van der Waals surface area contributed by atoms with Gasteiger partial charge in [-0.3, -0.25) is 9.69 Å². The van der Waals surface area contributed by atoms with Crippen molar-refractivity contribution < 1.29 is 19.0 Å². The van der Waals surface area contributed by atoms with Crippen LogP contribution in [0.1, 0.15) is 22.0 Å². The molecule has 0 aliphatic carbocycles. The van der Waals surface area contributed by atoms with Gasteiger partial charge in [0.2, 0.25) is 6.79 Å². The van der Waals surface area contributed by atoms with Crippen LogP contribution in [-0.2, 0) is 4.74 Å². The Bertz CT molecular complexity index is 823. The lowest BCUT2D eigenvalue weighted by molar-refractivity contribution is 0.0162. The molecule has 1 N–H and O–H groups in total. The minimum Gasteiger partial charge on any atom is -0.454 e. The Hall–Kier alpha value is -2.28. The number of fused-ring (bicyclic) bond motifs is 1. The molecule has 2 aliphatic rings. The van der Waals surface area contributed by atoms with Crippen molar-refractivity contribution in [2.24, 2.45) is 0 Å². The molecule has 0 saturated carbocycles. The lowest BCUT2D eigenvalue weighted by Gasteiger charge is -2.35. The van der Waals surface area contributed by atoms with Gasteiger partial charge in [-0.25, -0.2) is 0 Å². The molecule has 2 aliphatic heterocycles. The third-order valence-corrected chi connectivity index (χ3v) is 5.19. The van der Waals surface area contributed by atoms with Gasteiger partial charge >= 0.3 is 0 Å². The third-order valence-electron chi connectivity index (χ3n) is 4.84. The Morgan fingerprint density at radius 1 is 1.11 bits per heavy atom. The van der Waals surface area contributed by atoms with E-state index in [2.05, 4.69) is 10.2 Å². The fourth-order valence-electron chi connectivity index (χ4n) is 3.40. The van der Waals surface area contributed by atoms with E-state index in [0.717, 1.165) is 18.7 Å². The number of hydrogen-bond acceptors (Lipinski definition) is 5. The van der Waals surface area contributed by atoms with Gasteiger partial charge in [-0.15, -0.1) is 0 Å². The second kappa shape index (κ2) is 8.17. The van der Waals surface area contributed by atoms with E-state index < -0.39 is 0 Å². The van der Waals surface area contributed by atoms with Gasteiger partial charge in [0.05, 0.1) is 19.3 Å². The second-order valence-electron chi connectivity index (χ2n) is 6.46. The fourth-order valence-corrected chi connectivity index (χ4v) is 3.66. The van der Waals surface area contributed by atoms with Gasteiger partial charge in [0.25, 0.3) is 5.91 Å². The van der Waals surface area contributed by atoms with E-state index in [-0.39, 0.29) is 18.7 Å². The number of benzene rings is 2. The molecule has 142 valence electrons. The molecule has 6 nitrogen and oxygen atoms in total. The van der Waals surface area contributed by atoms with Crippen molar-refractivity contribution in [3.63, 3.8) is 0 Å². The predicted octanol–water partition coefficient (Wildman–Crippen LogP) is 2.87. The number of hydrogen-bond donors (Lipinski definition) is 1. The number of ether oxygens (including phenoxy) is 3.